The molecule has 4 rings (SSSR count). The van der Waals surface area contributed by atoms with Crippen LogP contribution in [0, 0.1) is 0 Å². The molecule has 3 aliphatic rings. The van der Waals surface area contributed by atoms with Gasteiger partial charge in [0.1, 0.15) is 0 Å². The molecule has 0 bridgehead atoms. The average Bonchev–Trinajstić information content (AvgIpc) is 3.40. The van der Waals surface area contributed by atoms with Gasteiger partial charge in [0.05, 0.1) is 33.7 Å². The Balaban J connectivity index is 1.88. The quantitative estimate of drug-likeness (QED) is 0.395. The van der Waals surface area contributed by atoms with Crippen LogP contribution in [0.15, 0.2) is 23.2 Å². The third-order valence-corrected chi connectivity index (χ3v) is 11.1. The maximum absolute atomic E-state index is 15.5. The first-order valence-electron chi connectivity index (χ1n) is 12.5. The van der Waals surface area contributed by atoms with Crippen molar-refractivity contribution in [2.75, 3.05) is 21.3 Å². The number of benzene rings is 1. The predicted molar refractivity (Wildman–Crippen MR) is 136 cm³/mol. The fourth-order valence-corrected chi connectivity index (χ4v) is 10.2. The van der Waals surface area contributed by atoms with Crippen molar-refractivity contribution in [3.8, 4) is 11.5 Å². The number of methoxy groups -OCH3 is 3. The highest BCUT2D eigenvalue weighted by molar-refractivity contribution is 7.57. The average molecular weight is 507 g/mol. The lowest BCUT2D eigenvalue weighted by Crippen LogP contribution is -2.43. The van der Waals surface area contributed by atoms with Crippen LogP contribution in [0.4, 0.5) is 0 Å². The zero-order valence-corrected chi connectivity index (χ0v) is 22.8. The summed E-state index contributed by atoms with van der Waals surface area (Å²) in [6.45, 7) is 8.44. The van der Waals surface area contributed by atoms with Gasteiger partial charge in [0.25, 0.3) is 0 Å². The largest absolute Gasteiger partial charge is 0.493 e. The summed E-state index contributed by atoms with van der Waals surface area (Å²) in [5, 5.41) is 0. The lowest BCUT2D eigenvalue weighted by atomic mass is 9.89. The van der Waals surface area contributed by atoms with Gasteiger partial charge in [0.2, 0.25) is 0 Å². The van der Waals surface area contributed by atoms with E-state index in [1.54, 1.807) is 20.6 Å². The summed E-state index contributed by atoms with van der Waals surface area (Å²) in [6.07, 6.45) is 5.92. The summed E-state index contributed by atoms with van der Waals surface area (Å²) in [6, 6.07) is 4.63. The fraction of sp³-hybridized carbons (Fsp3) is 0.680. The lowest BCUT2D eigenvalue weighted by Gasteiger charge is -2.43. The number of hydrogen-bond donors (Lipinski definition) is 0. The first-order valence-corrected chi connectivity index (χ1v) is 14.1. The zero-order valence-electron chi connectivity index (χ0n) is 21.9. The van der Waals surface area contributed by atoms with E-state index in [0.29, 0.717) is 11.5 Å². The van der Waals surface area contributed by atoms with Crippen molar-refractivity contribution in [1.29, 1.82) is 0 Å². The number of aliphatic imine (C=N–C) groups is 1. The van der Waals surface area contributed by atoms with E-state index in [2.05, 4.69) is 42.0 Å². The van der Waals surface area contributed by atoms with Crippen LogP contribution in [0.25, 0.3) is 0 Å². The number of carbonyl (C=O) groups excluding carboxylic acids is 1. The van der Waals surface area contributed by atoms with Gasteiger partial charge in [-0.3, -0.25) is 14.2 Å². The number of hydrogen-bond acceptors (Lipinski definition) is 6. The third kappa shape index (κ3) is 4.15. The van der Waals surface area contributed by atoms with Crippen LogP contribution in [-0.2, 0) is 14.1 Å². The van der Waals surface area contributed by atoms with Crippen LogP contribution >= 0.6 is 7.59 Å². The van der Waals surface area contributed by atoms with Crippen LogP contribution < -0.4 is 9.47 Å². The Hall–Kier alpha value is -2.09. The van der Waals surface area contributed by atoms with Crippen molar-refractivity contribution in [2.24, 2.45) is 4.99 Å². The Morgan fingerprint density at radius 1 is 0.971 bits per heavy atom. The van der Waals surface area contributed by atoms with E-state index in [0.717, 1.165) is 31.2 Å². The van der Waals surface area contributed by atoms with E-state index in [9.17, 15) is 4.79 Å². The number of ether oxygens (including phenoxy) is 3. The van der Waals surface area contributed by atoms with Gasteiger partial charge in [-0.15, -0.1) is 0 Å². The number of rotatable bonds is 7. The van der Waals surface area contributed by atoms with Crippen molar-refractivity contribution in [3.05, 3.63) is 23.8 Å². The number of nitrogens with zero attached hydrogens (tertiary/aromatic N) is 4. The summed E-state index contributed by atoms with van der Waals surface area (Å²) in [5.41, 5.74) is 0.771. The molecule has 0 aromatic heterocycles. The molecule has 1 saturated heterocycles. The molecule has 4 atom stereocenters. The minimum atomic E-state index is -3.34. The molecule has 0 unspecified atom stereocenters. The van der Waals surface area contributed by atoms with Gasteiger partial charge in [0, 0.05) is 24.2 Å². The van der Waals surface area contributed by atoms with Crippen LogP contribution in [0.2, 0.25) is 0 Å². The molecular formula is C25H39N4O5P. The molecule has 0 radical (unpaired) electrons. The Bertz CT molecular complexity index is 988. The van der Waals surface area contributed by atoms with E-state index in [-0.39, 0.29) is 24.2 Å². The molecule has 2 heterocycles. The molecule has 1 aliphatic carbocycles. The van der Waals surface area contributed by atoms with Crippen LogP contribution in [-0.4, -0.2) is 77.9 Å². The Morgan fingerprint density at radius 2 is 1.54 bits per heavy atom. The van der Waals surface area contributed by atoms with Crippen molar-refractivity contribution in [2.45, 2.75) is 89.6 Å². The first kappa shape index (κ1) is 26.0. The second kappa shape index (κ2) is 10.1. The summed E-state index contributed by atoms with van der Waals surface area (Å²) in [7, 11) is 1.18. The van der Waals surface area contributed by atoms with Gasteiger partial charge in [-0.2, -0.15) is 0 Å². The molecule has 1 saturated carbocycles. The third-order valence-electron chi connectivity index (χ3n) is 7.46. The van der Waals surface area contributed by atoms with Gasteiger partial charge in [-0.1, -0.05) is 18.9 Å². The van der Waals surface area contributed by atoms with Crippen LogP contribution in [0.1, 0.15) is 65.0 Å². The normalized spacial score (nSPS) is 28.5. The molecule has 1 aromatic rings. The van der Waals surface area contributed by atoms with E-state index < -0.39 is 25.6 Å². The van der Waals surface area contributed by atoms with Crippen molar-refractivity contribution in [3.63, 3.8) is 0 Å². The van der Waals surface area contributed by atoms with E-state index in [1.807, 2.05) is 22.9 Å². The van der Waals surface area contributed by atoms with Gasteiger partial charge in [0.15, 0.2) is 17.5 Å². The standard InChI is InChI=1S/C25H39N4O5P/c1-16(2)28-19-10-8-9-11-20(19)29(17(3)4)35(28,31)27-15-26-23(25(30)34-7)24(27)18-12-13-21(32-5)22(14-18)33-6/h12-17,19-20,23-24H,8-11H2,1-7H3/t19-,20-,23+,24-/m1/s1. The summed E-state index contributed by atoms with van der Waals surface area (Å²) < 4.78 is 37.9. The smallest absolute Gasteiger partial charge is 0.333 e. The van der Waals surface area contributed by atoms with E-state index in [4.69, 9.17) is 14.2 Å². The molecule has 2 aliphatic heterocycles. The highest BCUT2D eigenvalue weighted by Crippen LogP contribution is 2.69. The minimum Gasteiger partial charge on any atom is -0.493 e. The number of fused-ring (bicyclic) bond motifs is 1. The molecule has 35 heavy (non-hydrogen) atoms. The number of esters is 1. The second-order valence-corrected chi connectivity index (χ2v) is 12.5. The molecular weight excluding hydrogens is 467 g/mol. The number of carbonyl (C=O) groups is 1. The second-order valence-electron chi connectivity index (χ2n) is 10.1. The minimum absolute atomic E-state index is 0.0619. The molecule has 2 fully saturated rings. The fourth-order valence-electron chi connectivity index (χ4n) is 6.17. The topological polar surface area (TPSA) is 83.9 Å². The Morgan fingerprint density at radius 3 is 2.03 bits per heavy atom. The van der Waals surface area contributed by atoms with Crippen LogP contribution in [0.3, 0.4) is 0 Å². The molecule has 194 valence electrons. The molecule has 10 heteroatoms. The SMILES string of the molecule is COC(=O)[C@H]1N=CN(P2(=O)N(C(C)C)[C@@H]3CCCC[C@H]3N2C(C)C)[C@@H]1c1ccc(OC)c(OC)c1. The van der Waals surface area contributed by atoms with Gasteiger partial charge in [-0.25, -0.2) is 14.1 Å². The van der Waals surface area contributed by atoms with E-state index in [1.165, 1.54) is 7.11 Å². The molecule has 1 aromatic carbocycles. The molecule has 0 spiro atoms. The monoisotopic (exact) mass is 506 g/mol. The maximum atomic E-state index is 15.5. The Labute approximate surface area is 208 Å². The van der Waals surface area contributed by atoms with Gasteiger partial charge >= 0.3 is 13.6 Å². The molecule has 0 N–H and O–H groups in total. The highest BCUT2D eigenvalue weighted by atomic mass is 31.2. The van der Waals surface area contributed by atoms with E-state index >= 15 is 4.57 Å². The highest BCUT2D eigenvalue weighted by Gasteiger charge is 2.62. The molecule has 0 amide bonds. The summed E-state index contributed by atoms with van der Waals surface area (Å²) in [5.74, 6) is 0.668. The van der Waals surface area contributed by atoms with Crippen molar-refractivity contribution in [1.82, 2.24) is 14.0 Å². The predicted octanol–water partition coefficient (Wildman–Crippen LogP) is 4.48. The van der Waals surface area contributed by atoms with Crippen molar-refractivity contribution >= 4 is 19.9 Å². The zero-order chi connectivity index (χ0) is 25.5. The van der Waals surface area contributed by atoms with Crippen molar-refractivity contribution < 1.29 is 23.6 Å². The summed E-state index contributed by atoms with van der Waals surface area (Å²) >= 11 is 0. The lowest BCUT2D eigenvalue weighted by molar-refractivity contribution is -0.142. The van der Waals surface area contributed by atoms with Gasteiger partial charge in [-0.05, 0) is 58.2 Å². The van der Waals surface area contributed by atoms with Gasteiger partial charge < -0.3 is 14.2 Å². The molecule has 9 nitrogen and oxygen atoms in total. The summed E-state index contributed by atoms with van der Waals surface area (Å²) in [4.78, 5) is 17.5. The maximum Gasteiger partial charge on any atom is 0.333 e. The Kier molecular flexibility index (Phi) is 7.51. The first-order chi connectivity index (χ1) is 16.7. The van der Waals surface area contributed by atoms with Crippen LogP contribution in [0.5, 0.6) is 11.5 Å².